The second kappa shape index (κ2) is 7.49. The molecule has 0 aliphatic rings. The van der Waals surface area contributed by atoms with Crippen molar-refractivity contribution in [2.24, 2.45) is 0 Å². The summed E-state index contributed by atoms with van der Waals surface area (Å²) in [6, 6.07) is 6.64. The highest BCUT2D eigenvalue weighted by molar-refractivity contribution is 5.94. The van der Waals surface area contributed by atoms with Crippen LogP contribution in [0.15, 0.2) is 24.3 Å². The van der Waals surface area contributed by atoms with E-state index in [0.717, 1.165) is 0 Å². The number of aliphatic hydroxyl groups excluding tert-OH is 1. The van der Waals surface area contributed by atoms with E-state index in [1.54, 1.807) is 24.3 Å². The molecule has 0 unspecified atom stereocenters. The zero-order chi connectivity index (χ0) is 15.1. The van der Waals surface area contributed by atoms with Crippen LogP contribution in [0.2, 0.25) is 0 Å². The lowest BCUT2D eigenvalue weighted by molar-refractivity contribution is -0.146. The minimum absolute atomic E-state index is 0.0321. The fraction of sp³-hybridized carbons (Fsp3) is 0.429. The lowest BCUT2D eigenvalue weighted by Gasteiger charge is -2.10. The molecular weight excluding hydrogens is 262 g/mol. The summed E-state index contributed by atoms with van der Waals surface area (Å²) in [5.74, 6) is -0.939. The Labute approximate surface area is 117 Å². The quantitative estimate of drug-likeness (QED) is 0.694. The van der Waals surface area contributed by atoms with E-state index in [1.807, 2.05) is 13.8 Å². The molecule has 110 valence electrons. The highest BCUT2D eigenvalue weighted by atomic mass is 16.5. The van der Waals surface area contributed by atoms with Gasteiger partial charge in [-0.3, -0.25) is 4.79 Å². The van der Waals surface area contributed by atoms with Gasteiger partial charge in [-0.2, -0.15) is 0 Å². The second-order valence-electron chi connectivity index (χ2n) is 4.59. The molecule has 0 bridgehead atoms. The summed E-state index contributed by atoms with van der Waals surface area (Å²) in [6.07, 6.45) is -1.43. The van der Waals surface area contributed by atoms with E-state index < -0.39 is 12.1 Å². The van der Waals surface area contributed by atoms with Crippen molar-refractivity contribution in [3.8, 4) is 5.75 Å². The number of amides is 1. The number of carboxylic acid groups (broad SMARTS) is 1. The number of aliphatic carboxylic acids is 1. The zero-order valence-electron chi connectivity index (χ0n) is 11.5. The first kappa shape index (κ1) is 16.0. The molecule has 1 rings (SSSR count). The monoisotopic (exact) mass is 281 g/mol. The number of carbonyl (C=O) groups excluding carboxylic acids is 1. The van der Waals surface area contributed by atoms with E-state index in [9.17, 15) is 9.59 Å². The summed E-state index contributed by atoms with van der Waals surface area (Å²) in [7, 11) is 0. The molecule has 1 atom stereocenters. The maximum atomic E-state index is 11.7. The van der Waals surface area contributed by atoms with Gasteiger partial charge in [0, 0.05) is 18.5 Å². The van der Waals surface area contributed by atoms with Crippen LogP contribution in [0.1, 0.15) is 30.6 Å². The number of benzene rings is 1. The number of rotatable bonds is 7. The average molecular weight is 281 g/mol. The molecule has 6 nitrogen and oxygen atoms in total. The first-order valence-electron chi connectivity index (χ1n) is 6.36. The van der Waals surface area contributed by atoms with Crippen molar-refractivity contribution in [1.29, 1.82) is 0 Å². The first-order valence-corrected chi connectivity index (χ1v) is 6.36. The van der Waals surface area contributed by atoms with Gasteiger partial charge in [-0.05, 0) is 38.1 Å². The predicted octanol–water partition coefficient (Wildman–Crippen LogP) is 1.04. The van der Waals surface area contributed by atoms with Crippen molar-refractivity contribution in [2.45, 2.75) is 32.5 Å². The summed E-state index contributed by atoms with van der Waals surface area (Å²) < 4.78 is 5.46. The molecule has 0 aliphatic carbocycles. The van der Waals surface area contributed by atoms with Crippen molar-refractivity contribution < 1.29 is 24.5 Å². The molecule has 6 heteroatoms. The van der Waals surface area contributed by atoms with Crippen LogP contribution in [0, 0.1) is 0 Å². The Kier molecular flexibility index (Phi) is 5.99. The normalized spacial score (nSPS) is 12.0. The van der Waals surface area contributed by atoms with Gasteiger partial charge in [-0.25, -0.2) is 4.79 Å². The summed E-state index contributed by atoms with van der Waals surface area (Å²) in [6.45, 7) is 3.92. The van der Waals surface area contributed by atoms with Crippen LogP contribution in [-0.4, -0.2) is 40.8 Å². The number of aliphatic hydroxyl groups is 1. The van der Waals surface area contributed by atoms with E-state index in [2.05, 4.69) is 5.32 Å². The van der Waals surface area contributed by atoms with Gasteiger partial charge in [0.2, 0.25) is 0 Å². The molecule has 0 aromatic heterocycles. The average Bonchev–Trinajstić information content (AvgIpc) is 2.38. The topological polar surface area (TPSA) is 95.9 Å². The molecule has 0 fully saturated rings. The van der Waals surface area contributed by atoms with Crippen LogP contribution in [0.25, 0.3) is 0 Å². The van der Waals surface area contributed by atoms with E-state index in [1.165, 1.54) is 0 Å². The lowest BCUT2D eigenvalue weighted by atomic mass is 10.2. The highest BCUT2D eigenvalue weighted by Crippen LogP contribution is 2.13. The number of nitrogens with one attached hydrogen (secondary N) is 1. The number of carboxylic acids is 1. The Bertz CT molecular complexity index is 455. The Morgan fingerprint density at radius 1 is 1.25 bits per heavy atom. The van der Waals surface area contributed by atoms with Gasteiger partial charge in [0.05, 0.1) is 6.10 Å². The molecule has 0 aliphatic heterocycles. The van der Waals surface area contributed by atoms with E-state index in [-0.39, 0.29) is 25.0 Å². The molecule has 0 saturated carbocycles. The van der Waals surface area contributed by atoms with Gasteiger partial charge < -0.3 is 20.3 Å². The third kappa shape index (κ3) is 5.27. The summed E-state index contributed by atoms with van der Waals surface area (Å²) in [4.78, 5) is 22.1. The molecule has 1 aromatic rings. The zero-order valence-corrected chi connectivity index (χ0v) is 11.5. The van der Waals surface area contributed by atoms with Gasteiger partial charge in [-0.1, -0.05) is 0 Å². The van der Waals surface area contributed by atoms with Gasteiger partial charge >= 0.3 is 5.97 Å². The fourth-order valence-corrected chi connectivity index (χ4v) is 1.50. The van der Waals surface area contributed by atoms with Crippen LogP contribution in [0.5, 0.6) is 5.75 Å². The lowest BCUT2D eigenvalue weighted by Crippen LogP contribution is -2.30. The maximum absolute atomic E-state index is 11.7. The molecule has 20 heavy (non-hydrogen) atoms. The molecule has 0 spiro atoms. The second-order valence-corrected chi connectivity index (χ2v) is 4.59. The smallest absolute Gasteiger partial charge is 0.332 e. The largest absolute Gasteiger partial charge is 0.491 e. The number of ether oxygens (including phenoxy) is 1. The first-order chi connectivity index (χ1) is 9.40. The maximum Gasteiger partial charge on any atom is 0.332 e. The summed E-state index contributed by atoms with van der Waals surface area (Å²) in [5.41, 5.74) is 0.450. The van der Waals surface area contributed by atoms with E-state index in [4.69, 9.17) is 14.9 Å². The molecule has 0 radical (unpaired) electrons. The van der Waals surface area contributed by atoms with Crippen molar-refractivity contribution in [2.75, 3.05) is 6.54 Å². The van der Waals surface area contributed by atoms with E-state index in [0.29, 0.717) is 11.3 Å². The van der Waals surface area contributed by atoms with Crippen molar-refractivity contribution in [3.05, 3.63) is 29.8 Å². The molecule has 1 amide bonds. The molecular formula is C14H19NO5. The summed E-state index contributed by atoms with van der Waals surface area (Å²) >= 11 is 0. The number of carbonyl (C=O) groups is 2. The molecule has 1 aromatic carbocycles. The van der Waals surface area contributed by atoms with Gasteiger partial charge in [0.15, 0.2) is 6.10 Å². The van der Waals surface area contributed by atoms with Crippen molar-refractivity contribution >= 4 is 11.9 Å². The van der Waals surface area contributed by atoms with E-state index >= 15 is 0 Å². The van der Waals surface area contributed by atoms with Crippen molar-refractivity contribution in [1.82, 2.24) is 5.32 Å². The molecule has 0 saturated heterocycles. The fourth-order valence-electron chi connectivity index (χ4n) is 1.50. The highest BCUT2D eigenvalue weighted by Gasteiger charge is 2.13. The molecule has 3 N–H and O–H groups in total. The minimum atomic E-state index is -1.46. The Morgan fingerprint density at radius 2 is 1.85 bits per heavy atom. The third-order valence-corrected chi connectivity index (χ3v) is 2.48. The van der Waals surface area contributed by atoms with Crippen LogP contribution in [0.3, 0.4) is 0 Å². The minimum Gasteiger partial charge on any atom is -0.491 e. The van der Waals surface area contributed by atoms with Gasteiger partial charge in [0.25, 0.3) is 5.91 Å². The predicted molar refractivity (Wildman–Crippen MR) is 72.8 cm³/mol. The Morgan fingerprint density at radius 3 is 2.35 bits per heavy atom. The van der Waals surface area contributed by atoms with Crippen LogP contribution in [0.4, 0.5) is 0 Å². The van der Waals surface area contributed by atoms with Crippen LogP contribution < -0.4 is 10.1 Å². The van der Waals surface area contributed by atoms with Gasteiger partial charge in [-0.15, -0.1) is 0 Å². The Balaban J connectivity index is 2.45. The SMILES string of the molecule is CC(C)Oc1ccc(C(=O)NCC[C@H](O)C(=O)O)cc1. The van der Waals surface area contributed by atoms with Crippen molar-refractivity contribution in [3.63, 3.8) is 0 Å². The van der Waals surface area contributed by atoms with Crippen LogP contribution in [-0.2, 0) is 4.79 Å². The third-order valence-electron chi connectivity index (χ3n) is 2.48. The van der Waals surface area contributed by atoms with Gasteiger partial charge in [0.1, 0.15) is 5.75 Å². The Hall–Kier alpha value is -2.08. The summed E-state index contributed by atoms with van der Waals surface area (Å²) in [5, 5.41) is 20.1. The standard InChI is InChI=1S/C14H19NO5/c1-9(2)20-11-5-3-10(4-6-11)13(17)15-8-7-12(16)14(18)19/h3-6,9,12,16H,7-8H2,1-2H3,(H,15,17)(H,18,19)/t12-/m0/s1. The number of hydrogen-bond donors (Lipinski definition) is 3. The number of hydrogen-bond acceptors (Lipinski definition) is 4. The molecule has 0 heterocycles. The van der Waals surface area contributed by atoms with Crippen LogP contribution >= 0.6 is 0 Å².